The van der Waals surface area contributed by atoms with Gasteiger partial charge in [0, 0.05) is 13.1 Å². The van der Waals surface area contributed by atoms with Crippen molar-refractivity contribution in [2.75, 3.05) is 18.0 Å². The predicted molar refractivity (Wildman–Crippen MR) is 54.9 cm³/mol. The summed E-state index contributed by atoms with van der Waals surface area (Å²) in [5, 5.41) is 8.86. The highest BCUT2D eigenvalue weighted by Crippen LogP contribution is 2.46. The molecule has 1 saturated heterocycles. The number of aliphatic carboxylic acids is 1. The minimum absolute atomic E-state index is 0.117. The fourth-order valence-corrected chi connectivity index (χ4v) is 1.98. The second-order valence-electron chi connectivity index (χ2n) is 4.26. The van der Waals surface area contributed by atoms with Crippen molar-refractivity contribution in [1.82, 2.24) is 9.97 Å². The quantitative estimate of drug-likeness (QED) is 0.830. The van der Waals surface area contributed by atoms with Crippen molar-refractivity contribution in [2.24, 2.45) is 5.41 Å². The Balaban J connectivity index is 2.27. The summed E-state index contributed by atoms with van der Waals surface area (Å²) >= 11 is 0. The summed E-state index contributed by atoms with van der Waals surface area (Å²) in [7, 11) is 0. The van der Waals surface area contributed by atoms with Gasteiger partial charge in [0.1, 0.15) is 0 Å². The molecule has 0 amide bonds. The Morgan fingerprint density at radius 1 is 1.37 bits per heavy atom. The first-order chi connectivity index (χ1) is 8.76. The van der Waals surface area contributed by atoms with Crippen LogP contribution < -0.4 is 4.90 Å². The van der Waals surface area contributed by atoms with Crippen LogP contribution in [-0.2, 0) is 4.79 Å². The molecule has 0 radical (unpaired) electrons. The molecule has 1 aromatic rings. The molecule has 1 aliphatic rings. The largest absolute Gasteiger partial charge is 0.481 e. The fraction of sp³-hybridized carbons (Fsp3) is 0.500. The van der Waals surface area contributed by atoms with Crippen molar-refractivity contribution in [2.45, 2.75) is 12.6 Å². The number of carboxylic acids is 1. The van der Waals surface area contributed by atoms with Crippen molar-refractivity contribution < 1.29 is 27.5 Å². The molecule has 9 heteroatoms. The van der Waals surface area contributed by atoms with E-state index in [-0.39, 0.29) is 12.5 Å². The van der Waals surface area contributed by atoms with Crippen molar-refractivity contribution >= 4 is 11.9 Å². The molecule has 104 valence electrons. The Kier molecular flexibility index (Phi) is 3.07. The molecule has 5 nitrogen and oxygen atoms in total. The van der Waals surface area contributed by atoms with Crippen molar-refractivity contribution in [1.29, 1.82) is 0 Å². The maximum absolute atomic E-state index is 12.9. The van der Waals surface area contributed by atoms with Gasteiger partial charge in [-0.25, -0.2) is 14.4 Å². The SMILES string of the molecule is O=C(O)C1(C(F)(F)F)CCN(c2ncc(F)cn2)C1. The summed E-state index contributed by atoms with van der Waals surface area (Å²) in [5.41, 5.74) is -2.83. The highest BCUT2D eigenvalue weighted by Gasteiger charge is 2.64. The Hall–Kier alpha value is -1.93. The molecule has 0 bridgehead atoms. The molecule has 2 heterocycles. The maximum atomic E-state index is 12.9. The second-order valence-corrected chi connectivity index (χ2v) is 4.26. The smallest absolute Gasteiger partial charge is 0.406 e. The predicted octanol–water partition coefficient (Wildman–Crippen LogP) is 1.46. The van der Waals surface area contributed by atoms with Gasteiger partial charge in [-0.2, -0.15) is 13.2 Å². The van der Waals surface area contributed by atoms with Crippen molar-refractivity contribution in [3.05, 3.63) is 18.2 Å². The molecular formula is C10H9F4N3O2. The average molecular weight is 279 g/mol. The molecule has 1 fully saturated rings. The van der Waals surface area contributed by atoms with Crippen LogP contribution in [0.4, 0.5) is 23.5 Å². The van der Waals surface area contributed by atoms with Gasteiger partial charge in [-0.3, -0.25) is 4.79 Å². The van der Waals surface area contributed by atoms with E-state index in [0.717, 1.165) is 17.3 Å². The van der Waals surface area contributed by atoms with Gasteiger partial charge in [0.25, 0.3) is 0 Å². The third kappa shape index (κ3) is 2.20. The van der Waals surface area contributed by atoms with Gasteiger partial charge < -0.3 is 10.0 Å². The van der Waals surface area contributed by atoms with Crippen molar-refractivity contribution in [3.8, 4) is 0 Å². The van der Waals surface area contributed by atoms with E-state index in [1.165, 1.54) is 0 Å². The van der Waals surface area contributed by atoms with Gasteiger partial charge in [0.2, 0.25) is 5.95 Å². The molecule has 0 spiro atoms. The molecule has 0 saturated carbocycles. The number of halogens is 4. The zero-order valence-corrected chi connectivity index (χ0v) is 9.48. The number of aromatic nitrogens is 2. The Morgan fingerprint density at radius 3 is 2.37 bits per heavy atom. The normalized spacial score (nSPS) is 23.7. The van der Waals surface area contributed by atoms with Crippen LogP contribution in [0, 0.1) is 11.2 Å². The zero-order chi connectivity index (χ0) is 14.3. The average Bonchev–Trinajstić information content (AvgIpc) is 2.75. The number of carbonyl (C=O) groups is 1. The summed E-state index contributed by atoms with van der Waals surface area (Å²) in [6.45, 7) is -0.936. The summed E-state index contributed by atoms with van der Waals surface area (Å²) in [4.78, 5) is 19.1. The van der Waals surface area contributed by atoms with Gasteiger partial charge in [0.05, 0.1) is 12.4 Å². The van der Waals surface area contributed by atoms with E-state index in [1.807, 2.05) is 0 Å². The standard InChI is InChI=1S/C10H9F4N3O2/c11-6-3-15-8(16-4-6)17-2-1-9(5-17,7(18)19)10(12,13)14/h3-4H,1-2,5H2,(H,18,19). The van der Waals surface area contributed by atoms with Crippen LogP contribution >= 0.6 is 0 Å². The summed E-state index contributed by atoms with van der Waals surface area (Å²) in [6.07, 6.45) is -3.83. The molecule has 1 aromatic heterocycles. The third-order valence-electron chi connectivity index (χ3n) is 3.11. The van der Waals surface area contributed by atoms with Crippen LogP contribution in [0.25, 0.3) is 0 Å². The lowest BCUT2D eigenvalue weighted by atomic mass is 9.86. The van der Waals surface area contributed by atoms with Crippen LogP contribution in [0.5, 0.6) is 0 Å². The lowest BCUT2D eigenvalue weighted by Crippen LogP contribution is -2.47. The molecular weight excluding hydrogens is 270 g/mol. The molecule has 2 rings (SSSR count). The van der Waals surface area contributed by atoms with E-state index in [2.05, 4.69) is 9.97 Å². The van der Waals surface area contributed by atoms with E-state index in [1.54, 1.807) is 0 Å². The molecule has 1 aliphatic heterocycles. The lowest BCUT2D eigenvalue weighted by Gasteiger charge is -2.27. The fourth-order valence-electron chi connectivity index (χ4n) is 1.98. The summed E-state index contributed by atoms with van der Waals surface area (Å²) in [6, 6.07) is 0. The van der Waals surface area contributed by atoms with Crippen LogP contribution in [0.1, 0.15) is 6.42 Å². The number of hydrogen-bond donors (Lipinski definition) is 1. The van der Waals surface area contributed by atoms with E-state index < -0.39 is 36.3 Å². The summed E-state index contributed by atoms with van der Waals surface area (Å²) < 4.78 is 51.4. The van der Waals surface area contributed by atoms with E-state index >= 15 is 0 Å². The number of alkyl halides is 3. The number of rotatable bonds is 2. The van der Waals surface area contributed by atoms with Crippen LogP contribution in [-0.4, -0.2) is 40.3 Å². The molecule has 19 heavy (non-hydrogen) atoms. The Morgan fingerprint density at radius 2 is 1.95 bits per heavy atom. The molecule has 1 unspecified atom stereocenters. The maximum Gasteiger partial charge on any atom is 0.406 e. The van der Waals surface area contributed by atoms with Gasteiger partial charge in [-0.15, -0.1) is 0 Å². The van der Waals surface area contributed by atoms with Crippen LogP contribution in [0.15, 0.2) is 12.4 Å². The van der Waals surface area contributed by atoms with Gasteiger partial charge in [-0.1, -0.05) is 0 Å². The van der Waals surface area contributed by atoms with Crippen molar-refractivity contribution in [3.63, 3.8) is 0 Å². The van der Waals surface area contributed by atoms with Crippen LogP contribution in [0.2, 0.25) is 0 Å². The first kappa shape index (κ1) is 13.5. The highest BCUT2D eigenvalue weighted by atomic mass is 19.4. The van der Waals surface area contributed by atoms with Gasteiger partial charge in [0.15, 0.2) is 11.2 Å². The number of hydrogen-bond acceptors (Lipinski definition) is 4. The van der Waals surface area contributed by atoms with Gasteiger partial charge >= 0.3 is 12.1 Å². The van der Waals surface area contributed by atoms with Crippen LogP contribution in [0.3, 0.4) is 0 Å². The minimum Gasteiger partial charge on any atom is -0.481 e. The minimum atomic E-state index is -4.87. The number of carboxylic acid groups (broad SMARTS) is 1. The first-order valence-electron chi connectivity index (χ1n) is 5.29. The van der Waals surface area contributed by atoms with Gasteiger partial charge in [-0.05, 0) is 6.42 Å². The topological polar surface area (TPSA) is 66.3 Å². The molecule has 1 N–H and O–H groups in total. The Bertz CT molecular complexity index is 491. The Labute approximate surface area is 104 Å². The monoisotopic (exact) mass is 279 g/mol. The lowest BCUT2D eigenvalue weighted by molar-refractivity contribution is -0.225. The first-order valence-corrected chi connectivity index (χ1v) is 5.29. The zero-order valence-electron chi connectivity index (χ0n) is 9.48. The third-order valence-corrected chi connectivity index (χ3v) is 3.11. The second kappa shape index (κ2) is 4.32. The number of nitrogens with zero attached hydrogens (tertiary/aromatic N) is 3. The summed E-state index contributed by atoms with van der Waals surface area (Å²) in [5.74, 6) is -2.76. The number of anilines is 1. The molecule has 0 aromatic carbocycles. The van der Waals surface area contributed by atoms with E-state index in [4.69, 9.17) is 5.11 Å². The highest BCUT2D eigenvalue weighted by molar-refractivity contribution is 5.77. The van der Waals surface area contributed by atoms with E-state index in [9.17, 15) is 22.4 Å². The molecule has 0 aliphatic carbocycles. The van der Waals surface area contributed by atoms with E-state index in [0.29, 0.717) is 0 Å². The molecule has 1 atom stereocenters.